The lowest BCUT2D eigenvalue weighted by molar-refractivity contribution is -0.384. The van der Waals surface area contributed by atoms with E-state index >= 15 is 0 Å². The van der Waals surface area contributed by atoms with Crippen molar-refractivity contribution in [3.63, 3.8) is 0 Å². The van der Waals surface area contributed by atoms with Gasteiger partial charge in [-0.15, -0.1) is 0 Å². The van der Waals surface area contributed by atoms with Crippen LogP contribution in [0.3, 0.4) is 0 Å². The predicted molar refractivity (Wildman–Crippen MR) is 95.7 cm³/mol. The highest BCUT2D eigenvalue weighted by atomic mass is 35.5. The second-order valence-electron chi connectivity index (χ2n) is 5.19. The summed E-state index contributed by atoms with van der Waals surface area (Å²) < 4.78 is 5.74. The standard InChI is InChI=1S/C19H11ClN2O3/c20-16-6-4-13(5-7-16)19-9-8-18(25-19)11-15(12-21)14-2-1-3-17(10-14)22(23)24/h1-11H/b15-11-. The minimum absolute atomic E-state index is 0.0695. The third kappa shape index (κ3) is 3.77. The normalized spacial score (nSPS) is 11.1. The van der Waals surface area contributed by atoms with Gasteiger partial charge in [0.15, 0.2) is 0 Å². The number of non-ortho nitro benzene ring substituents is 1. The monoisotopic (exact) mass is 350 g/mol. The van der Waals surface area contributed by atoms with Crippen molar-refractivity contribution in [1.29, 1.82) is 5.26 Å². The summed E-state index contributed by atoms with van der Waals surface area (Å²) in [6.45, 7) is 0. The quantitative estimate of drug-likeness (QED) is 0.350. The molecule has 0 aliphatic heterocycles. The molecule has 0 radical (unpaired) electrons. The van der Waals surface area contributed by atoms with Crippen LogP contribution >= 0.6 is 11.6 Å². The first-order valence-corrected chi connectivity index (χ1v) is 7.67. The maximum absolute atomic E-state index is 10.9. The topological polar surface area (TPSA) is 80.1 Å². The Morgan fingerprint density at radius 1 is 1.16 bits per heavy atom. The smallest absolute Gasteiger partial charge is 0.270 e. The van der Waals surface area contributed by atoms with Crippen molar-refractivity contribution in [3.05, 3.63) is 87.1 Å². The molecule has 0 atom stereocenters. The lowest BCUT2D eigenvalue weighted by Crippen LogP contribution is -1.89. The summed E-state index contributed by atoms with van der Waals surface area (Å²) >= 11 is 5.87. The van der Waals surface area contributed by atoms with Gasteiger partial charge in [0, 0.05) is 22.7 Å². The first kappa shape index (κ1) is 16.5. The summed E-state index contributed by atoms with van der Waals surface area (Å²) in [6, 6.07) is 18.7. The molecule has 3 aromatic rings. The molecule has 0 aliphatic rings. The SMILES string of the molecule is N#C/C(=C/c1ccc(-c2ccc(Cl)cc2)o1)c1cccc([N+](=O)[O-])c1. The molecule has 6 heteroatoms. The van der Waals surface area contributed by atoms with E-state index in [1.54, 1.807) is 42.5 Å². The summed E-state index contributed by atoms with van der Waals surface area (Å²) in [6.07, 6.45) is 1.55. The number of allylic oxidation sites excluding steroid dienone is 1. The van der Waals surface area contributed by atoms with Crippen LogP contribution in [-0.4, -0.2) is 4.92 Å². The van der Waals surface area contributed by atoms with Crippen LogP contribution in [0, 0.1) is 21.4 Å². The molecule has 5 nitrogen and oxygen atoms in total. The van der Waals surface area contributed by atoms with Gasteiger partial charge in [0.1, 0.15) is 11.5 Å². The number of nitrogens with zero attached hydrogens (tertiary/aromatic N) is 2. The van der Waals surface area contributed by atoms with Gasteiger partial charge in [-0.05, 0) is 48.0 Å². The molecular weight excluding hydrogens is 340 g/mol. The van der Waals surface area contributed by atoms with Crippen LogP contribution in [-0.2, 0) is 0 Å². The second-order valence-corrected chi connectivity index (χ2v) is 5.62. The van der Waals surface area contributed by atoms with Crippen molar-refractivity contribution < 1.29 is 9.34 Å². The summed E-state index contributed by atoms with van der Waals surface area (Å²) in [4.78, 5) is 10.4. The van der Waals surface area contributed by atoms with E-state index in [0.29, 0.717) is 22.1 Å². The zero-order valence-corrected chi connectivity index (χ0v) is 13.6. The van der Waals surface area contributed by atoms with Crippen LogP contribution in [0.4, 0.5) is 5.69 Å². The largest absolute Gasteiger partial charge is 0.457 e. The number of hydrogen-bond acceptors (Lipinski definition) is 4. The molecule has 0 spiro atoms. The van der Waals surface area contributed by atoms with Gasteiger partial charge in [0.25, 0.3) is 5.69 Å². The van der Waals surface area contributed by atoms with Crippen LogP contribution in [0.25, 0.3) is 23.0 Å². The first-order valence-electron chi connectivity index (χ1n) is 7.29. The zero-order chi connectivity index (χ0) is 17.8. The van der Waals surface area contributed by atoms with E-state index in [2.05, 4.69) is 6.07 Å². The third-order valence-electron chi connectivity index (χ3n) is 3.53. The van der Waals surface area contributed by atoms with Gasteiger partial charge in [-0.3, -0.25) is 10.1 Å². The van der Waals surface area contributed by atoms with Crippen LogP contribution in [0.5, 0.6) is 0 Å². The predicted octanol–water partition coefficient (Wildman–Crippen LogP) is 5.57. The number of rotatable bonds is 4. The molecule has 0 unspecified atom stereocenters. The van der Waals surface area contributed by atoms with E-state index in [0.717, 1.165) is 5.56 Å². The Morgan fingerprint density at radius 3 is 2.60 bits per heavy atom. The fourth-order valence-electron chi connectivity index (χ4n) is 2.31. The Labute approximate surface area is 148 Å². The number of furan rings is 1. The van der Waals surface area contributed by atoms with Crippen molar-refractivity contribution in [1.82, 2.24) is 0 Å². The van der Waals surface area contributed by atoms with Crippen LogP contribution < -0.4 is 0 Å². The van der Waals surface area contributed by atoms with Crippen molar-refractivity contribution >= 4 is 28.9 Å². The summed E-state index contributed by atoms with van der Waals surface area (Å²) in [7, 11) is 0. The molecule has 2 aromatic carbocycles. The molecule has 0 bridgehead atoms. The van der Waals surface area contributed by atoms with Crippen molar-refractivity contribution in [2.24, 2.45) is 0 Å². The van der Waals surface area contributed by atoms with Crippen molar-refractivity contribution in [3.8, 4) is 17.4 Å². The molecule has 0 fully saturated rings. The van der Waals surface area contributed by atoms with Gasteiger partial charge < -0.3 is 4.42 Å². The van der Waals surface area contributed by atoms with Crippen molar-refractivity contribution in [2.45, 2.75) is 0 Å². The van der Waals surface area contributed by atoms with E-state index in [4.69, 9.17) is 16.0 Å². The first-order chi connectivity index (χ1) is 12.1. The number of nitro groups is 1. The van der Waals surface area contributed by atoms with Gasteiger partial charge >= 0.3 is 0 Å². The van der Waals surface area contributed by atoms with Crippen LogP contribution in [0.15, 0.2) is 65.1 Å². The van der Waals surface area contributed by atoms with Gasteiger partial charge in [0.2, 0.25) is 0 Å². The van der Waals surface area contributed by atoms with Crippen molar-refractivity contribution in [2.75, 3.05) is 0 Å². The molecule has 122 valence electrons. The Hall–Kier alpha value is -3.36. The van der Waals surface area contributed by atoms with Gasteiger partial charge in [-0.2, -0.15) is 5.26 Å². The second kappa shape index (κ2) is 7.04. The highest BCUT2D eigenvalue weighted by molar-refractivity contribution is 6.30. The minimum atomic E-state index is -0.496. The summed E-state index contributed by atoms with van der Waals surface area (Å²) in [5.41, 5.74) is 1.53. The lowest BCUT2D eigenvalue weighted by atomic mass is 10.1. The Balaban J connectivity index is 1.93. The number of halogens is 1. The van der Waals surface area contributed by atoms with E-state index in [1.807, 2.05) is 12.1 Å². The molecule has 25 heavy (non-hydrogen) atoms. The van der Waals surface area contributed by atoms with Crippen LogP contribution in [0.2, 0.25) is 5.02 Å². The average Bonchev–Trinajstić information content (AvgIpc) is 3.09. The molecular formula is C19H11ClN2O3. The maximum atomic E-state index is 10.9. The molecule has 1 heterocycles. The third-order valence-corrected chi connectivity index (χ3v) is 3.78. The van der Waals surface area contributed by atoms with Gasteiger partial charge in [-0.1, -0.05) is 23.7 Å². The van der Waals surface area contributed by atoms with E-state index in [1.165, 1.54) is 12.1 Å². The molecule has 0 amide bonds. The van der Waals surface area contributed by atoms with Gasteiger partial charge in [0.05, 0.1) is 16.6 Å². The molecule has 0 saturated heterocycles. The van der Waals surface area contributed by atoms with E-state index in [-0.39, 0.29) is 11.3 Å². The zero-order valence-electron chi connectivity index (χ0n) is 12.8. The summed E-state index contributed by atoms with van der Waals surface area (Å²) in [5.74, 6) is 1.12. The number of benzene rings is 2. The number of nitriles is 1. The summed E-state index contributed by atoms with van der Waals surface area (Å²) in [5, 5.41) is 20.9. The fraction of sp³-hybridized carbons (Fsp3) is 0. The minimum Gasteiger partial charge on any atom is -0.457 e. The van der Waals surface area contributed by atoms with E-state index in [9.17, 15) is 15.4 Å². The maximum Gasteiger partial charge on any atom is 0.270 e. The Bertz CT molecular complexity index is 998. The molecule has 0 N–H and O–H groups in total. The lowest BCUT2D eigenvalue weighted by Gasteiger charge is -1.99. The highest BCUT2D eigenvalue weighted by Crippen LogP contribution is 2.27. The number of nitro benzene ring substituents is 1. The Morgan fingerprint density at radius 2 is 1.92 bits per heavy atom. The molecule has 1 aromatic heterocycles. The van der Waals surface area contributed by atoms with Gasteiger partial charge in [-0.25, -0.2) is 0 Å². The van der Waals surface area contributed by atoms with Crippen LogP contribution in [0.1, 0.15) is 11.3 Å². The molecule has 3 rings (SSSR count). The fourth-order valence-corrected chi connectivity index (χ4v) is 2.44. The Kier molecular flexibility index (Phi) is 4.64. The highest BCUT2D eigenvalue weighted by Gasteiger charge is 2.10. The molecule has 0 saturated carbocycles. The average molecular weight is 351 g/mol. The van der Waals surface area contributed by atoms with E-state index < -0.39 is 4.92 Å². The molecule has 0 aliphatic carbocycles. The number of hydrogen-bond donors (Lipinski definition) is 0.